The molecule has 8 rings (SSSR count). The van der Waals surface area contributed by atoms with Crippen molar-refractivity contribution < 1.29 is 14.0 Å². The average molecular weight is 866 g/mol. The molecule has 17 heteroatoms. The number of rotatable bonds is 14. The first-order valence-electron chi connectivity index (χ1n) is 21.9. The molecule has 1 aliphatic carbocycles. The Balaban J connectivity index is 0.000000186. The zero-order valence-electron chi connectivity index (χ0n) is 37.3. The van der Waals surface area contributed by atoms with Gasteiger partial charge in [0, 0.05) is 46.5 Å². The van der Waals surface area contributed by atoms with Gasteiger partial charge in [-0.15, -0.1) is 4.98 Å². The molecule has 4 atom stereocenters. The minimum Gasteiger partial charge on any atom is -0.609 e. The summed E-state index contributed by atoms with van der Waals surface area (Å²) in [6, 6.07) is 16.5. The second-order valence-corrected chi connectivity index (χ2v) is 18.6. The second-order valence-electron chi connectivity index (χ2n) is 17.0. The quantitative estimate of drug-likeness (QED) is 0.0678. The monoisotopic (exact) mass is 865 g/mol. The molecule has 2 aromatic carbocycles. The van der Waals surface area contributed by atoms with Gasteiger partial charge in [-0.1, -0.05) is 58.0 Å². The summed E-state index contributed by atoms with van der Waals surface area (Å²) in [6.07, 6.45) is 9.76. The van der Waals surface area contributed by atoms with E-state index in [9.17, 15) is 4.55 Å². The lowest BCUT2D eigenvalue weighted by Crippen LogP contribution is -2.39. The van der Waals surface area contributed by atoms with Crippen molar-refractivity contribution in [1.29, 1.82) is 0 Å². The normalized spacial score (nSPS) is 19.5. The van der Waals surface area contributed by atoms with Crippen molar-refractivity contribution in [1.82, 2.24) is 44.5 Å². The molecular weight excluding hydrogens is 803 g/mol. The molecule has 16 nitrogen and oxygen atoms in total. The van der Waals surface area contributed by atoms with Crippen LogP contribution < -0.4 is 36.5 Å². The summed E-state index contributed by atoms with van der Waals surface area (Å²) < 4.78 is 27.7. The molecule has 6 aromatic rings. The van der Waals surface area contributed by atoms with E-state index in [0.717, 1.165) is 91.0 Å². The fraction of sp³-hybridized carbons (Fsp3) is 0.511. The maximum absolute atomic E-state index is 13.3. The van der Waals surface area contributed by atoms with Crippen molar-refractivity contribution in [3.8, 4) is 11.5 Å². The van der Waals surface area contributed by atoms with E-state index in [2.05, 4.69) is 77.1 Å². The van der Waals surface area contributed by atoms with Crippen molar-refractivity contribution in [3.05, 3.63) is 83.2 Å². The number of piperidine rings is 1. The smallest absolute Gasteiger partial charge is 0.348 e. The number of nitrogens with one attached hydrogen (secondary N) is 4. The molecule has 1 saturated heterocycles. The Bertz CT molecular complexity index is 2390. The number of hydrogen-bond donors (Lipinski definition) is 5. The topological polar surface area (TPSA) is 202 Å². The summed E-state index contributed by atoms with van der Waals surface area (Å²) in [6.45, 7) is 14.3. The van der Waals surface area contributed by atoms with Gasteiger partial charge in [0.05, 0.1) is 38.7 Å². The molecule has 6 N–H and O–H groups in total. The molecule has 0 bridgehead atoms. The predicted molar refractivity (Wildman–Crippen MR) is 246 cm³/mol. The zero-order chi connectivity index (χ0) is 43.9. The molecular formula is C45H63N13O3S. The number of ether oxygens (including phenoxy) is 2. The number of methoxy groups -OCH3 is 2. The Kier molecular flexibility index (Phi) is 14.7. The molecule has 2 fully saturated rings. The number of fused-ring (bicyclic) bond motifs is 2. The summed E-state index contributed by atoms with van der Waals surface area (Å²) in [5.41, 5.74) is 11.8. The maximum Gasteiger partial charge on any atom is 0.348 e. The van der Waals surface area contributed by atoms with Crippen molar-refractivity contribution >= 4 is 40.3 Å². The summed E-state index contributed by atoms with van der Waals surface area (Å²) in [5.74, 6) is 4.02. The Labute approximate surface area is 367 Å². The number of anilines is 3. The predicted octanol–water partition coefficient (Wildman–Crippen LogP) is 7.40. The van der Waals surface area contributed by atoms with E-state index in [1.165, 1.54) is 0 Å². The van der Waals surface area contributed by atoms with Crippen LogP contribution in [0.3, 0.4) is 0 Å². The third kappa shape index (κ3) is 10.3. The Morgan fingerprint density at radius 3 is 2.06 bits per heavy atom. The van der Waals surface area contributed by atoms with E-state index >= 15 is 0 Å². The van der Waals surface area contributed by atoms with Crippen LogP contribution in [0.2, 0.25) is 0 Å². The molecule has 0 amide bonds. The Hall–Kier alpha value is -5.23. The summed E-state index contributed by atoms with van der Waals surface area (Å²) in [4.78, 5) is 19.0. The van der Waals surface area contributed by atoms with Crippen LogP contribution in [0.15, 0.2) is 66.1 Å². The molecule has 4 aromatic heterocycles. The first-order chi connectivity index (χ1) is 29.9. The molecule has 1 saturated carbocycles. The molecule has 2 unspecified atom stereocenters. The number of para-hydroxylation sites is 1. The molecule has 2 aliphatic rings. The highest BCUT2D eigenvalue weighted by Crippen LogP contribution is 2.31. The molecule has 332 valence electrons. The number of aromatic nitrogens is 8. The molecule has 0 spiro atoms. The fourth-order valence-electron chi connectivity index (χ4n) is 8.01. The number of benzene rings is 2. The van der Waals surface area contributed by atoms with Crippen molar-refractivity contribution in [2.45, 2.75) is 126 Å². The van der Waals surface area contributed by atoms with E-state index in [1.807, 2.05) is 61.8 Å². The van der Waals surface area contributed by atoms with Crippen LogP contribution in [-0.4, -0.2) is 88.4 Å². The summed E-state index contributed by atoms with van der Waals surface area (Å²) in [5, 5.41) is 23.3. The number of hydrogen-bond acceptors (Lipinski definition) is 14. The van der Waals surface area contributed by atoms with Crippen LogP contribution in [0.5, 0.6) is 11.5 Å². The van der Waals surface area contributed by atoms with E-state index in [4.69, 9.17) is 30.2 Å². The molecule has 5 heterocycles. The minimum absolute atomic E-state index is 0.0143. The maximum atomic E-state index is 13.3. The first-order valence-corrected chi connectivity index (χ1v) is 23.1. The third-order valence-electron chi connectivity index (χ3n) is 11.7. The standard InChI is InChI=1S/C23H33N7O.C22H30N6O2S/c1-14(2)20-13-25-30-21(20)28-22(27-18-10-8-17(24)9-11-18)29-23(30)26-15(3)16-6-5-7-19(12-16)31-4;1-14(2)18-13-24-28-20(18)26-22(31(29)16-8-7-11-23-12-16)27-21(28)25-15(3)17-9-5-6-10-19(17)30-4/h5-7,12-15,17-18H,8-11,24H2,1-4H3,(H2,26,27,28,29);5-6,9-10,13-16,23H,7-8,11-12H2,1-4H3,(H,25,26,27)/t;15-,16?,31+/m.0/s1. The van der Waals surface area contributed by atoms with Crippen molar-refractivity contribution in [2.75, 3.05) is 43.3 Å². The van der Waals surface area contributed by atoms with Crippen LogP contribution in [0.4, 0.5) is 17.8 Å². The van der Waals surface area contributed by atoms with Crippen LogP contribution >= 0.6 is 0 Å². The van der Waals surface area contributed by atoms with Gasteiger partial charge in [0.15, 0.2) is 11.3 Å². The van der Waals surface area contributed by atoms with Crippen LogP contribution in [-0.2, 0) is 11.2 Å². The van der Waals surface area contributed by atoms with E-state index < -0.39 is 11.2 Å². The van der Waals surface area contributed by atoms with Crippen molar-refractivity contribution in [3.63, 3.8) is 0 Å². The highest BCUT2D eigenvalue weighted by atomic mass is 32.2. The van der Waals surface area contributed by atoms with Crippen LogP contribution in [0.1, 0.15) is 126 Å². The van der Waals surface area contributed by atoms with Gasteiger partial charge in [-0.2, -0.15) is 34.2 Å². The van der Waals surface area contributed by atoms with Gasteiger partial charge in [-0.25, -0.2) is 0 Å². The van der Waals surface area contributed by atoms with Crippen molar-refractivity contribution in [2.24, 2.45) is 5.73 Å². The van der Waals surface area contributed by atoms with E-state index in [0.29, 0.717) is 46.7 Å². The van der Waals surface area contributed by atoms with Gasteiger partial charge in [0.1, 0.15) is 16.7 Å². The van der Waals surface area contributed by atoms with Gasteiger partial charge in [0.2, 0.25) is 17.8 Å². The first kappa shape index (κ1) is 44.8. The second kappa shape index (κ2) is 20.3. The van der Waals surface area contributed by atoms with Gasteiger partial charge in [-0.05, 0) is 94.5 Å². The SMILES string of the molecule is COc1cccc(C(C)Nc2nc(NC3CCC(N)CC3)nc3c(C(C)C)cnn23)c1.COc1ccccc1[C@H](C)Nc1nc([S@+]([O-])C2CCCNC2)nc2c(C(C)C)cnn12. The van der Waals surface area contributed by atoms with E-state index in [-0.39, 0.29) is 23.3 Å². The van der Waals surface area contributed by atoms with Crippen LogP contribution in [0, 0.1) is 0 Å². The fourth-order valence-corrected chi connectivity index (χ4v) is 9.31. The summed E-state index contributed by atoms with van der Waals surface area (Å²) in [7, 11) is 3.34. The van der Waals surface area contributed by atoms with Crippen LogP contribution in [0.25, 0.3) is 11.3 Å². The van der Waals surface area contributed by atoms with Gasteiger partial charge in [0.25, 0.3) is 0 Å². The molecule has 0 radical (unpaired) electrons. The van der Waals surface area contributed by atoms with Gasteiger partial charge in [-0.3, -0.25) is 0 Å². The highest BCUT2D eigenvalue weighted by Gasteiger charge is 2.32. The Morgan fingerprint density at radius 2 is 1.42 bits per heavy atom. The molecule has 1 aliphatic heterocycles. The number of nitrogens with zero attached hydrogens (tertiary/aromatic N) is 8. The average Bonchev–Trinajstić information content (AvgIpc) is 3.93. The minimum atomic E-state index is -1.30. The van der Waals surface area contributed by atoms with Gasteiger partial charge >= 0.3 is 5.16 Å². The van der Waals surface area contributed by atoms with E-state index in [1.54, 1.807) is 23.3 Å². The number of nitrogens with two attached hydrogens (primary N) is 1. The molecule has 62 heavy (non-hydrogen) atoms. The lowest BCUT2D eigenvalue weighted by atomic mass is 9.92. The lowest BCUT2D eigenvalue weighted by Gasteiger charge is -2.27. The Morgan fingerprint density at radius 1 is 0.758 bits per heavy atom. The lowest BCUT2D eigenvalue weighted by molar-refractivity contribution is 0.408. The third-order valence-corrected chi connectivity index (χ3v) is 13.3. The summed E-state index contributed by atoms with van der Waals surface area (Å²) >= 11 is -1.30. The largest absolute Gasteiger partial charge is 0.609 e. The van der Waals surface area contributed by atoms with Gasteiger partial charge < -0.3 is 41.0 Å². The zero-order valence-corrected chi connectivity index (χ0v) is 38.1. The highest BCUT2D eigenvalue weighted by molar-refractivity contribution is 7.91.